The Morgan fingerprint density at radius 2 is 1.64 bits per heavy atom. The van der Waals surface area contributed by atoms with Gasteiger partial charge in [0.1, 0.15) is 5.69 Å². The molecule has 0 saturated heterocycles. The molecule has 0 aliphatic heterocycles. The van der Waals surface area contributed by atoms with Gasteiger partial charge in [-0.2, -0.15) is 0 Å². The van der Waals surface area contributed by atoms with E-state index in [4.69, 9.17) is 4.74 Å². The van der Waals surface area contributed by atoms with E-state index in [2.05, 4.69) is 15.6 Å². The molecule has 0 aliphatic rings. The lowest BCUT2D eigenvalue weighted by molar-refractivity contribution is -0.116. The number of amides is 3. The van der Waals surface area contributed by atoms with Gasteiger partial charge in [-0.3, -0.25) is 19.4 Å². The van der Waals surface area contributed by atoms with Crippen molar-refractivity contribution in [2.75, 3.05) is 25.6 Å². The molecule has 0 aliphatic carbocycles. The molecule has 2 aromatic carbocycles. The van der Waals surface area contributed by atoms with Crippen LogP contribution in [0.4, 0.5) is 5.69 Å². The third-order valence-electron chi connectivity index (χ3n) is 5.01. The van der Waals surface area contributed by atoms with Crippen molar-refractivity contribution >= 4 is 33.4 Å². The Balaban J connectivity index is 1.55. The molecule has 0 unspecified atom stereocenters. The van der Waals surface area contributed by atoms with Gasteiger partial charge in [-0.25, -0.2) is 13.1 Å². The molecule has 0 bridgehead atoms. The molecule has 36 heavy (non-hydrogen) atoms. The molecular weight excluding hydrogens is 484 g/mol. The number of nitrogens with one attached hydrogen (secondary N) is 3. The Morgan fingerprint density at radius 1 is 0.917 bits per heavy atom. The highest BCUT2D eigenvalue weighted by Gasteiger charge is 2.19. The summed E-state index contributed by atoms with van der Waals surface area (Å²) in [5.74, 6) is -1.54. The number of aryl methyl sites for hydroxylation is 1. The molecule has 0 fully saturated rings. The standard InChI is InChI=1S/C25H26N4O6S/c1-35-16-15-26-25(32)22-13-8-19(17-27-22)24(31)29-36(33,34)21-11-9-20(10-12-21)28-23(30)14-7-18-5-3-2-4-6-18/h2-6,8-13,17H,7,14-16H2,1H3,(H,26,32)(H,28,30)(H,29,31). The lowest BCUT2D eigenvalue weighted by Crippen LogP contribution is -2.31. The van der Waals surface area contributed by atoms with Gasteiger partial charge >= 0.3 is 0 Å². The molecule has 3 amide bonds. The van der Waals surface area contributed by atoms with E-state index in [1.54, 1.807) is 0 Å². The second-order valence-corrected chi connectivity index (χ2v) is 9.36. The van der Waals surface area contributed by atoms with Crippen LogP contribution in [-0.4, -0.2) is 51.4 Å². The molecule has 0 radical (unpaired) electrons. The number of ether oxygens (including phenoxy) is 1. The predicted octanol–water partition coefficient (Wildman–Crippen LogP) is 2.15. The van der Waals surface area contributed by atoms with Crippen LogP contribution in [0.1, 0.15) is 32.8 Å². The molecular formula is C25H26N4O6S. The first-order valence-corrected chi connectivity index (χ1v) is 12.5. The topological polar surface area (TPSA) is 144 Å². The van der Waals surface area contributed by atoms with Crippen LogP contribution in [0, 0.1) is 0 Å². The first-order valence-electron chi connectivity index (χ1n) is 11.0. The number of nitrogens with zero attached hydrogens (tertiary/aromatic N) is 1. The summed E-state index contributed by atoms with van der Waals surface area (Å²) in [7, 11) is -2.67. The van der Waals surface area contributed by atoms with Gasteiger partial charge in [-0.05, 0) is 48.4 Å². The smallest absolute Gasteiger partial charge is 0.269 e. The average molecular weight is 511 g/mol. The molecule has 0 atom stereocenters. The Hall–Kier alpha value is -4.09. The number of sulfonamides is 1. The lowest BCUT2D eigenvalue weighted by Gasteiger charge is -2.09. The monoisotopic (exact) mass is 510 g/mol. The van der Waals surface area contributed by atoms with Crippen molar-refractivity contribution in [3.63, 3.8) is 0 Å². The van der Waals surface area contributed by atoms with Crippen LogP contribution in [-0.2, 0) is 26.0 Å². The summed E-state index contributed by atoms with van der Waals surface area (Å²) in [6, 6.07) is 17.7. The predicted molar refractivity (Wildman–Crippen MR) is 133 cm³/mol. The average Bonchev–Trinajstić information content (AvgIpc) is 2.88. The highest BCUT2D eigenvalue weighted by molar-refractivity contribution is 7.90. The molecule has 1 heterocycles. The number of aromatic nitrogens is 1. The van der Waals surface area contributed by atoms with E-state index in [0.29, 0.717) is 25.3 Å². The number of carbonyl (C=O) groups excluding carboxylic acids is 3. The molecule has 3 N–H and O–H groups in total. The maximum Gasteiger partial charge on any atom is 0.269 e. The summed E-state index contributed by atoms with van der Waals surface area (Å²) in [5, 5.41) is 5.31. The van der Waals surface area contributed by atoms with Gasteiger partial charge in [-0.15, -0.1) is 0 Å². The minimum absolute atomic E-state index is 0.0330. The molecule has 10 nitrogen and oxygen atoms in total. The van der Waals surface area contributed by atoms with Crippen molar-refractivity contribution in [3.05, 3.63) is 89.7 Å². The van der Waals surface area contributed by atoms with Gasteiger partial charge in [0.15, 0.2) is 0 Å². The third-order valence-corrected chi connectivity index (χ3v) is 6.36. The fraction of sp³-hybridized carbons (Fsp3) is 0.200. The van der Waals surface area contributed by atoms with Gasteiger partial charge in [0.05, 0.1) is 17.1 Å². The molecule has 0 saturated carbocycles. The zero-order valence-corrected chi connectivity index (χ0v) is 20.4. The van der Waals surface area contributed by atoms with Crippen molar-refractivity contribution in [2.24, 2.45) is 0 Å². The molecule has 3 rings (SSSR count). The first-order chi connectivity index (χ1) is 17.3. The van der Waals surface area contributed by atoms with E-state index in [-0.39, 0.29) is 28.5 Å². The lowest BCUT2D eigenvalue weighted by atomic mass is 10.1. The van der Waals surface area contributed by atoms with Gasteiger partial charge < -0.3 is 15.4 Å². The zero-order valence-electron chi connectivity index (χ0n) is 19.6. The van der Waals surface area contributed by atoms with Gasteiger partial charge in [0.25, 0.3) is 21.8 Å². The summed E-state index contributed by atoms with van der Waals surface area (Å²) < 4.78 is 32.0. The molecule has 188 valence electrons. The van der Waals surface area contributed by atoms with E-state index < -0.39 is 21.8 Å². The van der Waals surface area contributed by atoms with E-state index >= 15 is 0 Å². The Morgan fingerprint density at radius 3 is 2.28 bits per heavy atom. The number of carbonyl (C=O) groups is 3. The largest absolute Gasteiger partial charge is 0.383 e. The summed E-state index contributed by atoms with van der Waals surface area (Å²) in [4.78, 5) is 40.3. The van der Waals surface area contributed by atoms with Gasteiger partial charge in [-0.1, -0.05) is 30.3 Å². The van der Waals surface area contributed by atoms with Gasteiger partial charge in [0, 0.05) is 32.0 Å². The van der Waals surface area contributed by atoms with Crippen molar-refractivity contribution in [1.29, 1.82) is 0 Å². The van der Waals surface area contributed by atoms with Crippen LogP contribution in [0.25, 0.3) is 0 Å². The highest BCUT2D eigenvalue weighted by atomic mass is 32.2. The maximum atomic E-state index is 12.6. The van der Waals surface area contributed by atoms with Crippen molar-refractivity contribution in [1.82, 2.24) is 15.0 Å². The number of anilines is 1. The van der Waals surface area contributed by atoms with E-state index in [1.807, 2.05) is 35.1 Å². The number of benzene rings is 2. The van der Waals surface area contributed by atoms with Crippen LogP contribution >= 0.6 is 0 Å². The summed E-state index contributed by atoms with van der Waals surface area (Å²) >= 11 is 0. The molecule has 1 aromatic heterocycles. The maximum absolute atomic E-state index is 12.6. The first kappa shape index (κ1) is 26.5. The summed E-state index contributed by atoms with van der Waals surface area (Å²) in [5.41, 5.74) is 1.52. The minimum atomic E-state index is -4.17. The highest BCUT2D eigenvalue weighted by Crippen LogP contribution is 2.15. The van der Waals surface area contributed by atoms with Crippen LogP contribution in [0.5, 0.6) is 0 Å². The van der Waals surface area contributed by atoms with E-state index in [0.717, 1.165) is 11.8 Å². The minimum Gasteiger partial charge on any atom is -0.383 e. The Bertz CT molecular complexity index is 1290. The Labute approximate surface area is 209 Å². The van der Waals surface area contributed by atoms with Crippen molar-refractivity contribution < 1.29 is 27.5 Å². The fourth-order valence-electron chi connectivity index (χ4n) is 3.10. The van der Waals surface area contributed by atoms with Crippen molar-refractivity contribution in [3.8, 4) is 0 Å². The van der Waals surface area contributed by atoms with Crippen LogP contribution in [0.15, 0.2) is 77.8 Å². The number of hydrogen-bond acceptors (Lipinski definition) is 7. The second-order valence-electron chi connectivity index (χ2n) is 7.67. The molecule has 3 aromatic rings. The van der Waals surface area contributed by atoms with Gasteiger partial charge in [0.2, 0.25) is 5.91 Å². The number of pyridine rings is 1. The summed E-state index contributed by atoms with van der Waals surface area (Å²) in [6.45, 7) is 0.638. The second kappa shape index (κ2) is 12.6. The van der Waals surface area contributed by atoms with Crippen LogP contribution in [0.2, 0.25) is 0 Å². The zero-order chi connectivity index (χ0) is 26.0. The van der Waals surface area contributed by atoms with E-state index in [9.17, 15) is 22.8 Å². The molecule has 11 heteroatoms. The number of rotatable bonds is 11. The normalized spacial score (nSPS) is 10.9. The summed E-state index contributed by atoms with van der Waals surface area (Å²) in [6.07, 6.45) is 1.98. The quantitative estimate of drug-likeness (QED) is 0.335. The number of methoxy groups -OCH3 is 1. The van der Waals surface area contributed by atoms with Crippen LogP contribution in [0.3, 0.4) is 0 Å². The fourth-order valence-corrected chi connectivity index (χ4v) is 4.08. The third kappa shape index (κ3) is 7.72. The number of hydrogen-bond donors (Lipinski definition) is 3. The Kier molecular flexibility index (Phi) is 9.25. The van der Waals surface area contributed by atoms with Crippen molar-refractivity contribution in [2.45, 2.75) is 17.7 Å². The SMILES string of the molecule is COCCNC(=O)c1ccc(C(=O)NS(=O)(=O)c2ccc(NC(=O)CCc3ccccc3)cc2)cn1. The van der Waals surface area contributed by atoms with E-state index in [1.165, 1.54) is 43.5 Å². The molecule has 0 spiro atoms. The van der Waals surface area contributed by atoms with Crippen LogP contribution < -0.4 is 15.4 Å².